The van der Waals surface area contributed by atoms with Crippen molar-refractivity contribution in [3.63, 3.8) is 0 Å². The summed E-state index contributed by atoms with van der Waals surface area (Å²) < 4.78 is 14.6. The first kappa shape index (κ1) is 17.0. The van der Waals surface area contributed by atoms with Gasteiger partial charge in [0.05, 0.1) is 20.1 Å². The SMILES string of the molecule is COC(=O)[C@@H](C(=O)OCc1ccccc1)[C@H]1C[C@@H](C(=O)OC)C1. The Morgan fingerprint density at radius 1 is 1.04 bits per heavy atom. The van der Waals surface area contributed by atoms with Crippen molar-refractivity contribution in [2.75, 3.05) is 14.2 Å². The number of carbonyl (C=O) groups excluding carboxylic acids is 3. The third-order valence-electron chi connectivity index (χ3n) is 4.11. The topological polar surface area (TPSA) is 78.9 Å². The fourth-order valence-corrected chi connectivity index (χ4v) is 2.72. The molecule has 2 rings (SSSR count). The third-order valence-corrected chi connectivity index (χ3v) is 4.11. The standard InChI is InChI=1S/C17H20O6/c1-21-15(18)13-8-12(9-13)14(16(19)22-2)17(20)23-10-11-6-4-3-5-7-11/h3-7,12-14H,8-10H2,1-2H3/t12-,13+,14-/m0/s1. The third kappa shape index (κ3) is 4.09. The maximum Gasteiger partial charge on any atom is 0.320 e. The lowest BCUT2D eigenvalue weighted by molar-refractivity contribution is -0.170. The van der Waals surface area contributed by atoms with Crippen molar-refractivity contribution in [2.45, 2.75) is 19.4 Å². The second-order valence-electron chi connectivity index (χ2n) is 5.55. The molecule has 0 spiro atoms. The molecular formula is C17H20O6. The Morgan fingerprint density at radius 2 is 1.70 bits per heavy atom. The lowest BCUT2D eigenvalue weighted by Crippen LogP contribution is -2.43. The van der Waals surface area contributed by atoms with E-state index in [0.717, 1.165) is 5.56 Å². The van der Waals surface area contributed by atoms with Gasteiger partial charge >= 0.3 is 17.9 Å². The van der Waals surface area contributed by atoms with Gasteiger partial charge in [0, 0.05) is 0 Å². The highest BCUT2D eigenvalue weighted by molar-refractivity contribution is 5.95. The van der Waals surface area contributed by atoms with E-state index in [4.69, 9.17) is 9.47 Å². The van der Waals surface area contributed by atoms with Gasteiger partial charge in [-0.3, -0.25) is 14.4 Å². The fourth-order valence-electron chi connectivity index (χ4n) is 2.72. The molecule has 124 valence electrons. The zero-order valence-corrected chi connectivity index (χ0v) is 13.2. The quantitative estimate of drug-likeness (QED) is 0.451. The van der Waals surface area contributed by atoms with Crippen molar-refractivity contribution in [3.8, 4) is 0 Å². The minimum atomic E-state index is -0.996. The van der Waals surface area contributed by atoms with E-state index in [1.807, 2.05) is 30.3 Å². The number of carbonyl (C=O) groups is 3. The van der Waals surface area contributed by atoms with E-state index in [1.165, 1.54) is 14.2 Å². The zero-order valence-electron chi connectivity index (χ0n) is 13.2. The van der Waals surface area contributed by atoms with Crippen LogP contribution in [0.15, 0.2) is 30.3 Å². The zero-order chi connectivity index (χ0) is 16.8. The maximum absolute atomic E-state index is 12.3. The maximum atomic E-state index is 12.3. The molecule has 0 N–H and O–H groups in total. The molecule has 0 bridgehead atoms. The molecular weight excluding hydrogens is 300 g/mol. The largest absolute Gasteiger partial charge is 0.469 e. The molecule has 23 heavy (non-hydrogen) atoms. The summed E-state index contributed by atoms with van der Waals surface area (Å²) in [6.07, 6.45) is 0.847. The van der Waals surface area contributed by atoms with Gasteiger partial charge in [0.2, 0.25) is 0 Å². The van der Waals surface area contributed by atoms with Gasteiger partial charge in [0.1, 0.15) is 6.61 Å². The summed E-state index contributed by atoms with van der Waals surface area (Å²) in [5.74, 6) is -3.08. The highest BCUT2D eigenvalue weighted by Gasteiger charge is 2.47. The molecule has 1 aromatic carbocycles. The number of hydrogen-bond donors (Lipinski definition) is 0. The van der Waals surface area contributed by atoms with E-state index in [2.05, 4.69) is 4.74 Å². The first-order chi connectivity index (χ1) is 11.1. The minimum Gasteiger partial charge on any atom is -0.469 e. The molecule has 0 saturated heterocycles. The Kier molecular flexibility index (Phi) is 5.73. The number of hydrogen-bond acceptors (Lipinski definition) is 6. The molecule has 1 aromatic rings. The number of methoxy groups -OCH3 is 2. The van der Waals surface area contributed by atoms with Crippen LogP contribution < -0.4 is 0 Å². The predicted molar refractivity (Wildman–Crippen MR) is 80.0 cm³/mol. The highest BCUT2D eigenvalue weighted by Crippen LogP contribution is 2.40. The van der Waals surface area contributed by atoms with E-state index < -0.39 is 17.9 Å². The molecule has 1 aliphatic rings. The Morgan fingerprint density at radius 3 is 2.26 bits per heavy atom. The lowest BCUT2D eigenvalue weighted by Gasteiger charge is -2.36. The Balaban J connectivity index is 1.95. The normalized spacial score (nSPS) is 20.8. The van der Waals surface area contributed by atoms with Crippen LogP contribution in [0.2, 0.25) is 0 Å². The Bertz CT molecular complexity index is 562. The van der Waals surface area contributed by atoms with Crippen molar-refractivity contribution in [3.05, 3.63) is 35.9 Å². The molecule has 1 aliphatic carbocycles. The van der Waals surface area contributed by atoms with E-state index in [0.29, 0.717) is 12.8 Å². The summed E-state index contributed by atoms with van der Waals surface area (Å²) in [6, 6.07) is 9.21. The molecule has 0 aromatic heterocycles. The molecule has 0 heterocycles. The smallest absolute Gasteiger partial charge is 0.320 e. The number of rotatable bonds is 6. The van der Waals surface area contributed by atoms with Gasteiger partial charge in [0.15, 0.2) is 5.92 Å². The Labute approximate surface area is 134 Å². The van der Waals surface area contributed by atoms with Crippen molar-refractivity contribution in [1.82, 2.24) is 0 Å². The van der Waals surface area contributed by atoms with Crippen LogP contribution in [-0.2, 0) is 35.2 Å². The van der Waals surface area contributed by atoms with Crippen molar-refractivity contribution in [1.29, 1.82) is 0 Å². The summed E-state index contributed by atoms with van der Waals surface area (Å²) in [4.78, 5) is 35.6. The van der Waals surface area contributed by atoms with Gasteiger partial charge in [-0.05, 0) is 24.3 Å². The van der Waals surface area contributed by atoms with E-state index >= 15 is 0 Å². The van der Waals surface area contributed by atoms with Crippen LogP contribution in [-0.4, -0.2) is 32.1 Å². The number of esters is 3. The first-order valence-electron chi connectivity index (χ1n) is 7.43. The summed E-state index contributed by atoms with van der Waals surface area (Å²) in [7, 11) is 2.55. The van der Waals surface area contributed by atoms with Crippen LogP contribution >= 0.6 is 0 Å². The van der Waals surface area contributed by atoms with Crippen LogP contribution in [0.5, 0.6) is 0 Å². The molecule has 0 amide bonds. The minimum absolute atomic E-state index is 0.0975. The second kappa shape index (κ2) is 7.76. The Hall–Kier alpha value is -2.37. The number of benzene rings is 1. The molecule has 6 nitrogen and oxygen atoms in total. The molecule has 1 saturated carbocycles. The summed E-state index contributed by atoms with van der Waals surface area (Å²) in [5, 5.41) is 0. The lowest BCUT2D eigenvalue weighted by atomic mass is 9.68. The molecule has 1 fully saturated rings. The van der Waals surface area contributed by atoms with Crippen molar-refractivity contribution < 1.29 is 28.6 Å². The van der Waals surface area contributed by atoms with Gasteiger partial charge in [-0.25, -0.2) is 0 Å². The average Bonchev–Trinajstić information content (AvgIpc) is 2.55. The van der Waals surface area contributed by atoms with Gasteiger partial charge in [0.25, 0.3) is 0 Å². The summed E-state index contributed by atoms with van der Waals surface area (Å²) in [5.41, 5.74) is 0.838. The predicted octanol–water partition coefficient (Wildman–Crippen LogP) is 1.72. The summed E-state index contributed by atoms with van der Waals surface area (Å²) >= 11 is 0. The highest BCUT2D eigenvalue weighted by atomic mass is 16.5. The van der Waals surface area contributed by atoms with Gasteiger partial charge in [-0.1, -0.05) is 30.3 Å². The molecule has 0 aliphatic heterocycles. The second-order valence-corrected chi connectivity index (χ2v) is 5.55. The molecule has 6 heteroatoms. The molecule has 0 unspecified atom stereocenters. The fraction of sp³-hybridized carbons (Fsp3) is 0.471. The van der Waals surface area contributed by atoms with E-state index in [1.54, 1.807) is 0 Å². The monoisotopic (exact) mass is 320 g/mol. The van der Waals surface area contributed by atoms with Gasteiger partial charge < -0.3 is 14.2 Å². The van der Waals surface area contributed by atoms with Gasteiger partial charge in [-0.2, -0.15) is 0 Å². The number of ether oxygens (including phenoxy) is 3. The van der Waals surface area contributed by atoms with Crippen LogP contribution in [0.3, 0.4) is 0 Å². The van der Waals surface area contributed by atoms with Crippen molar-refractivity contribution in [2.24, 2.45) is 17.8 Å². The van der Waals surface area contributed by atoms with E-state index in [9.17, 15) is 14.4 Å². The van der Waals surface area contributed by atoms with E-state index in [-0.39, 0.29) is 24.4 Å². The molecule has 1 atom stereocenters. The average molecular weight is 320 g/mol. The van der Waals surface area contributed by atoms with Crippen LogP contribution in [0.25, 0.3) is 0 Å². The van der Waals surface area contributed by atoms with Crippen LogP contribution in [0.4, 0.5) is 0 Å². The van der Waals surface area contributed by atoms with Gasteiger partial charge in [-0.15, -0.1) is 0 Å². The van der Waals surface area contributed by atoms with Crippen molar-refractivity contribution >= 4 is 17.9 Å². The molecule has 0 radical (unpaired) electrons. The first-order valence-corrected chi connectivity index (χ1v) is 7.43. The summed E-state index contributed by atoms with van der Waals surface area (Å²) in [6.45, 7) is 0.0975. The van der Waals surface area contributed by atoms with Crippen LogP contribution in [0, 0.1) is 17.8 Å². The van der Waals surface area contributed by atoms with Crippen LogP contribution in [0.1, 0.15) is 18.4 Å².